The number of fused-ring (bicyclic) bond motifs is 7. The van der Waals surface area contributed by atoms with Crippen molar-refractivity contribution in [1.29, 1.82) is 0 Å². The first kappa shape index (κ1) is 34.2. The van der Waals surface area contributed by atoms with Crippen LogP contribution in [0.4, 0.5) is 0 Å². The Morgan fingerprint density at radius 3 is 2.18 bits per heavy atom. The molecule has 5 aliphatic carbocycles. The molecular formula is C35H58O10. The van der Waals surface area contributed by atoms with Crippen molar-refractivity contribution in [2.45, 2.75) is 148 Å². The molecule has 5 fully saturated rings. The fraction of sp³-hybridized carbons (Fsp3) is 0.943. The first-order chi connectivity index (χ1) is 20.8. The number of hydrogen-bond donors (Lipinski definition) is 8. The van der Waals surface area contributed by atoms with Gasteiger partial charge in [0, 0.05) is 11.3 Å². The molecule has 0 spiro atoms. The zero-order valence-corrected chi connectivity index (χ0v) is 27.9. The molecule has 1 saturated heterocycles. The standard InChI is InChI=1S/C35H58O10/c1-30(2)11-12-35(43)19(13-30)18-7-8-23-31(3)14-20(38)28(45-29-27(42)26(41)25(40)21(16-36)44-29)32(4,17-37)22(31)9-10-33(23,5)34(18,6)15-24(35)39/h7,19-29,36-43H,8-17H2,1-6H3/t19-,20-,21+,22+,23+,24-,25+,26-,27+,28-,29-,31-,32-,33+,34+,35+/m0/s1. The smallest absolute Gasteiger partial charge is 0.187 e. The largest absolute Gasteiger partial charge is 0.396 e. The molecule has 1 aliphatic heterocycles. The topological polar surface area (TPSA) is 180 Å². The van der Waals surface area contributed by atoms with E-state index >= 15 is 0 Å². The Morgan fingerprint density at radius 2 is 1.53 bits per heavy atom. The van der Waals surface area contributed by atoms with Gasteiger partial charge in [-0.05, 0) is 84.9 Å². The quantitative estimate of drug-likeness (QED) is 0.167. The summed E-state index contributed by atoms with van der Waals surface area (Å²) in [6.45, 7) is 12.4. The van der Waals surface area contributed by atoms with Crippen LogP contribution in [0.3, 0.4) is 0 Å². The molecule has 0 unspecified atom stereocenters. The molecule has 10 heteroatoms. The molecule has 6 aliphatic rings. The van der Waals surface area contributed by atoms with Crippen LogP contribution < -0.4 is 0 Å². The van der Waals surface area contributed by atoms with Crippen LogP contribution in [0.2, 0.25) is 0 Å². The van der Waals surface area contributed by atoms with E-state index in [1.54, 1.807) is 0 Å². The molecule has 10 nitrogen and oxygen atoms in total. The molecular weight excluding hydrogens is 580 g/mol. The molecule has 8 N–H and O–H groups in total. The number of rotatable bonds is 4. The molecule has 4 saturated carbocycles. The summed E-state index contributed by atoms with van der Waals surface area (Å²) in [6.07, 6.45) is -2.18. The van der Waals surface area contributed by atoms with Crippen molar-refractivity contribution in [3.8, 4) is 0 Å². The Bertz CT molecular complexity index is 1180. The zero-order chi connectivity index (χ0) is 33.1. The first-order valence-electron chi connectivity index (χ1n) is 17.2. The number of allylic oxidation sites excluding steroid dienone is 1. The molecule has 0 aromatic carbocycles. The van der Waals surface area contributed by atoms with E-state index < -0.39 is 72.1 Å². The maximum atomic E-state index is 11.9. The van der Waals surface area contributed by atoms with Crippen molar-refractivity contribution in [2.24, 2.45) is 44.8 Å². The molecule has 1 heterocycles. The van der Waals surface area contributed by atoms with Crippen LogP contribution in [0.25, 0.3) is 0 Å². The second kappa shape index (κ2) is 10.9. The fourth-order valence-corrected chi connectivity index (χ4v) is 12.0. The van der Waals surface area contributed by atoms with Crippen molar-refractivity contribution in [2.75, 3.05) is 13.2 Å². The Balaban J connectivity index is 1.34. The van der Waals surface area contributed by atoms with Gasteiger partial charge in [0.25, 0.3) is 0 Å². The minimum Gasteiger partial charge on any atom is -0.396 e. The summed E-state index contributed by atoms with van der Waals surface area (Å²) in [5.41, 5.74) is -1.68. The molecule has 258 valence electrons. The minimum atomic E-state index is -1.61. The van der Waals surface area contributed by atoms with Gasteiger partial charge in [-0.15, -0.1) is 0 Å². The van der Waals surface area contributed by atoms with Gasteiger partial charge in [-0.1, -0.05) is 53.2 Å². The highest BCUT2D eigenvalue weighted by Crippen LogP contribution is 2.75. The van der Waals surface area contributed by atoms with E-state index in [0.29, 0.717) is 19.3 Å². The lowest BCUT2D eigenvalue weighted by Gasteiger charge is -2.72. The van der Waals surface area contributed by atoms with Crippen LogP contribution in [0.1, 0.15) is 92.9 Å². The normalized spacial score (nSPS) is 57.6. The van der Waals surface area contributed by atoms with E-state index in [1.807, 2.05) is 6.92 Å². The van der Waals surface area contributed by atoms with Gasteiger partial charge in [0.15, 0.2) is 6.29 Å². The SMILES string of the molecule is CC1(C)CC[C@]2(O)[C@@H](O)C[C@]3(C)C(=CC[C@@H]4[C@@]5(C)C[C@H](O)[C@H](O[C@@H]6O[C@H](CO)[C@@H](O)[C@H](O)[C@H]6O)[C@@](C)(CO)[C@@H]5CC[C@]43C)[C@@H]2C1. The molecule has 0 bridgehead atoms. The maximum Gasteiger partial charge on any atom is 0.187 e. The highest BCUT2D eigenvalue weighted by Gasteiger charge is 2.71. The number of aliphatic hydroxyl groups is 8. The highest BCUT2D eigenvalue weighted by atomic mass is 16.7. The molecule has 0 aromatic rings. The Morgan fingerprint density at radius 1 is 0.844 bits per heavy atom. The summed E-state index contributed by atoms with van der Waals surface area (Å²) in [5.74, 6) is -0.0422. The van der Waals surface area contributed by atoms with Crippen molar-refractivity contribution >= 4 is 0 Å². The average Bonchev–Trinajstić information content (AvgIpc) is 2.96. The van der Waals surface area contributed by atoms with Crippen molar-refractivity contribution < 1.29 is 50.3 Å². The predicted molar refractivity (Wildman–Crippen MR) is 164 cm³/mol. The van der Waals surface area contributed by atoms with Gasteiger partial charge in [-0.2, -0.15) is 0 Å². The van der Waals surface area contributed by atoms with E-state index in [1.165, 1.54) is 5.57 Å². The van der Waals surface area contributed by atoms with E-state index in [4.69, 9.17) is 9.47 Å². The van der Waals surface area contributed by atoms with Crippen molar-refractivity contribution in [1.82, 2.24) is 0 Å². The molecule has 45 heavy (non-hydrogen) atoms. The summed E-state index contributed by atoms with van der Waals surface area (Å²) in [7, 11) is 0. The summed E-state index contributed by atoms with van der Waals surface area (Å²) in [6, 6.07) is 0. The van der Waals surface area contributed by atoms with Crippen molar-refractivity contribution in [3.05, 3.63) is 11.6 Å². The fourth-order valence-electron chi connectivity index (χ4n) is 12.0. The third-order valence-corrected chi connectivity index (χ3v) is 14.8. The van der Waals surface area contributed by atoms with E-state index in [0.717, 1.165) is 32.1 Å². The minimum absolute atomic E-state index is 0.0658. The first-order valence-corrected chi connectivity index (χ1v) is 17.2. The Kier molecular flexibility index (Phi) is 8.30. The van der Waals surface area contributed by atoms with E-state index in [-0.39, 0.29) is 40.6 Å². The van der Waals surface area contributed by atoms with Crippen LogP contribution in [-0.2, 0) is 9.47 Å². The number of ether oxygens (including phenoxy) is 2. The van der Waals surface area contributed by atoms with Gasteiger partial charge in [0.05, 0.1) is 37.1 Å². The van der Waals surface area contributed by atoms with Crippen LogP contribution in [0.15, 0.2) is 11.6 Å². The Hall–Kier alpha value is -0.660. The third kappa shape index (κ3) is 4.64. The van der Waals surface area contributed by atoms with Gasteiger partial charge in [-0.25, -0.2) is 0 Å². The highest BCUT2D eigenvalue weighted by molar-refractivity contribution is 5.35. The van der Waals surface area contributed by atoms with Crippen LogP contribution >= 0.6 is 0 Å². The maximum absolute atomic E-state index is 11.9. The third-order valence-electron chi connectivity index (χ3n) is 14.8. The lowest BCUT2D eigenvalue weighted by molar-refractivity contribution is -0.345. The molecule has 6 rings (SSSR count). The molecule has 0 amide bonds. The second-order valence-corrected chi connectivity index (χ2v) is 17.6. The van der Waals surface area contributed by atoms with Crippen LogP contribution in [-0.4, -0.2) is 109 Å². The van der Waals surface area contributed by atoms with Gasteiger partial charge in [0.1, 0.15) is 24.4 Å². The van der Waals surface area contributed by atoms with Gasteiger partial charge >= 0.3 is 0 Å². The van der Waals surface area contributed by atoms with E-state index in [2.05, 4.69) is 40.7 Å². The lowest BCUT2D eigenvalue weighted by atomic mass is 9.34. The summed E-state index contributed by atoms with van der Waals surface area (Å²) in [4.78, 5) is 0. The summed E-state index contributed by atoms with van der Waals surface area (Å²) < 4.78 is 11.9. The van der Waals surface area contributed by atoms with Crippen LogP contribution in [0.5, 0.6) is 0 Å². The van der Waals surface area contributed by atoms with Gasteiger partial charge in [-0.3, -0.25) is 0 Å². The van der Waals surface area contributed by atoms with Gasteiger partial charge < -0.3 is 50.3 Å². The molecule has 16 atom stereocenters. The van der Waals surface area contributed by atoms with Gasteiger partial charge in [0.2, 0.25) is 0 Å². The van der Waals surface area contributed by atoms with E-state index in [9.17, 15) is 40.9 Å². The monoisotopic (exact) mass is 638 g/mol. The number of aliphatic hydroxyl groups excluding tert-OH is 7. The predicted octanol–water partition coefficient (Wildman–Crippen LogP) is 1.63. The average molecular weight is 639 g/mol. The molecule has 0 radical (unpaired) electrons. The van der Waals surface area contributed by atoms with Crippen LogP contribution in [0, 0.1) is 44.8 Å². The zero-order valence-electron chi connectivity index (χ0n) is 27.9. The summed E-state index contributed by atoms with van der Waals surface area (Å²) >= 11 is 0. The lowest BCUT2D eigenvalue weighted by Crippen LogP contribution is -2.70. The van der Waals surface area contributed by atoms with Crippen molar-refractivity contribution in [3.63, 3.8) is 0 Å². The molecule has 0 aromatic heterocycles. The summed E-state index contributed by atoms with van der Waals surface area (Å²) in [5, 5.41) is 87.4. The second-order valence-electron chi connectivity index (χ2n) is 17.6. The Labute approximate surface area is 267 Å². The number of hydrogen-bond acceptors (Lipinski definition) is 10.